The lowest BCUT2D eigenvalue weighted by Gasteiger charge is -2.31. The Kier molecular flexibility index (Phi) is 9.47. The molecule has 5 nitrogen and oxygen atoms in total. The number of nitrogens with zero attached hydrogens (tertiary/aromatic N) is 1. The third-order valence-electron chi connectivity index (χ3n) is 5.94. The third-order valence-corrected chi connectivity index (χ3v) is 6.93. The highest BCUT2D eigenvalue weighted by molar-refractivity contribution is 7.99. The molecule has 3 rings (SSSR count). The van der Waals surface area contributed by atoms with Crippen molar-refractivity contribution >= 4 is 23.6 Å². The van der Waals surface area contributed by atoms with Crippen molar-refractivity contribution in [2.75, 3.05) is 12.9 Å². The number of carbonyl (C=O) groups is 2. The molecule has 0 bridgehead atoms. The fourth-order valence-electron chi connectivity index (χ4n) is 4.03. The Bertz CT molecular complexity index is 868. The molecule has 1 atom stereocenters. The van der Waals surface area contributed by atoms with Crippen molar-refractivity contribution in [3.05, 3.63) is 65.7 Å². The van der Waals surface area contributed by atoms with Crippen molar-refractivity contribution in [1.29, 1.82) is 0 Å². The molecule has 2 aromatic rings. The Balaban J connectivity index is 1.67. The van der Waals surface area contributed by atoms with Crippen LogP contribution < -0.4 is 10.1 Å². The van der Waals surface area contributed by atoms with Gasteiger partial charge in [0.25, 0.3) is 0 Å². The van der Waals surface area contributed by atoms with Gasteiger partial charge in [0, 0.05) is 18.3 Å². The van der Waals surface area contributed by atoms with Crippen molar-refractivity contribution in [1.82, 2.24) is 10.2 Å². The highest BCUT2D eigenvalue weighted by atomic mass is 32.2. The van der Waals surface area contributed by atoms with Crippen LogP contribution >= 0.6 is 11.8 Å². The van der Waals surface area contributed by atoms with Gasteiger partial charge in [-0.3, -0.25) is 9.59 Å². The summed E-state index contributed by atoms with van der Waals surface area (Å²) in [5, 5.41) is 3.18. The summed E-state index contributed by atoms with van der Waals surface area (Å²) in [6, 6.07) is 17.5. The molecule has 1 N–H and O–H groups in total. The van der Waals surface area contributed by atoms with Crippen LogP contribution in [-0.2, 0) is 21.9 Å². The van der Waals surface area contributed by atoms with E-state index in [1.165, 1.54) is 12.0 Å². The predicted molar refractivity (Wildman–Crippen MR) is 131 cm³/mol. The van der Waals surface area contributed by atoms with Crippen molar-refractivity contribution < 1.29 is 14.3 Å². The predicted octanol–water partition coefficient (Wildman–Crippen LogP) is 4.79. The van der Waals surface area contributed by atoms with E-state index in [2.05, 4.69) is 17.4 Å². The minimum Gasteiger partial charge on any atom is -0.497 e. The molecule has 6 heteroatoms. The van der Waals surface area contributed by atoms with Crippen LogP contribution in [0, 0.1) is 0 Å². The fraction of sp³-hybridized carbons (Fsp3) is 0.462. The molecule has 1 aliphatic carbocycles. The van der Waals surface area contributed by atoms with E-state index in [0.29, 0.717) is 12.3 Å². The Hall–Kier alpha value is -2.47. The van der Waals surface area contributed by atoms with Crippen molar-refractivity contribution in [2.45, 2.75) is 63.4 Å². The summed E-state index contributed by atoms with van der Waals surface area (Å²) in [7, 11) is 1.63. The summed E-state index contributed by atoms with van der Waals surface area (Å²) in [5.74, 6) is 1.75. The average Bonchev–Trinajstić information content (AvgIpc) is 2.83. The molecule has 2 aromatic carbocycles. The van der Waals surface area contributed by atoms with E-state index >= 15 is 0 Å². The smallest absolute Gasteiger partial charge is 0.242 e. The number of thioether (sulfide) groups is 1. The summed E-state index contributed by atoms with van der Waals surface area (Å²) in [4.78, 5) is 28.0. The van der Waals surface area contributed by atoms with E-state index in [0.717, 1.165) is 42.7 Å². The SMILES string of the molecule is COc1cccc(CN(C(=O)CSCc2ccccc2)[C@H](C)C(=O)NC2CCCCC2)c1. The third kappa shape index (κ3) is 7.30. The average molecular weight is 455 g/mol. The summed E-state index contributed by atoms with van der Waals surface area (Å²) >= 11 is 1.58. The van der Waals surface area contributed by atoms with Gasteiger partial charge >= 0.3 is 0 Å². The first-order valence-corrected chi connectivity index (χ1v) is 12.6. The maximum absolute atomic E-state index is 13.2. The quantitative estimate of drug-likeness (QED) is 0.561. The molecule has 2 amide bonds. The van der Waals surface area contributed by atoms with Gasteiger partial charge in [-0.25, -0.2) is 0 Å². The second kappa shape index (κ2) is 12.5. The topological polar surface area (TPSA) is 58.6 Å². The second-order valence-corrected chi connectivity index (χ2v) is 9.36. The van der Waals surface area contributed by atoms with Crippen molar-refractivity contribution in [3.8, 4) is 5.75 Å². The number of ether oxygens (including phenoxy) is 1. The van der Waals surface area contributed by atoms with E-state index in [4.69, 9.17) is 4.74 Å². The Labute approximate surface area is 195 Å². The highest BCUT2D eigenvalue weighted by Crippen LogP contribution is 2.20. The Morgan fingerprint density at radius 1 is 1.06 bits per heavy atom. The number of carbonyl (C=O) groups excluding carboxylic acids is 2. The van der Waals surface area contributed by atoms with E-state index in [9.17, 15) is 9.59 Å². The van der Waals surface area contributed by atoms with E-state index in [-0.39, 0.29) is 17.9 Å². The van der Waals surface area contributed by atoms with Gasteiger partial charge in [0.1, 0.15) is 11.8 Å². The first kappa shape index (κ1) is 24.2. The van der Waals surface area contributed by atoms with Crippen molar-refractivity contribution in [3.63, 3.8) is 0 Å². The minimum absolute atomic E-state index is 0.0277. The van der Waals surface area contributed by atoms with E-state index in [1.807, 2.05) is 49.4 Å². The number of amides is 2. The van der Waals surface area contributed by atoms with Crippen LogP contribution in [0.2, 0.25) is 0 Å². The molecule has 0 radical (unpaired) electrons. The molecule has 32 heavy (non-hydrogen) atoms. The molecule has 1 fully saturated rings. The standard InChI is InChI=1S/C26H34N2O3S/c1-20(26(30)27-23-13-7-4-8-14-23)28(17-22-12-9-15-24(16-22)31-2)25(29)19-32-18-21-10-5-3-6-11-21/h3,5-6,9-12,15-16,20,23H,4,7-8,13-14,17-19H2,1-2H3,(H,27,30)/t20-/m1/s1. The molecule has 0 spiro atoms. The van der Waals surface area contributed by atoms with Crippen molar-refractivity contribution in [2.24, 2.45) is 0 Å². The Morgan fingerprint density at radius 2 is 1.78 bits per heavy atom. The number of benzene rings is 2. The first-order chi connectivity index (χ1) is 15.6. The van der Waals surface area contributed by atoms with Gasteiger partial charge in [-0.2, -0.15) is 0 Å². The molecule has 172 valence electrons. The lowest BCUT2D eigenvalue weighted by Crippen LogP contribution is -2.50. The van der Waals surface area contributed by atoms with E-state index < -0.39 is 6.04 Å². The van der Waals surface area contributed by atoms with E-state index in [1.54, 1.807) is 23.8 Å². The number of methoxy groups -OCH3 is 1. The van der Waals surface area contributed by atoms with Gasteiger partial charge in [0.15, 0.2) is 0 Å². The molecular weight excluding hydrogens is 420 g/mol. The molecule has 0 unspecified atom stereocenters. The maximum Gasteiger partial charge on any atom is 0.242 e. The normalized spacial score (nSPS) is 15.1. The second-order valence-electron chi connectivity index (χ2n) is 8.37. The van der Waals surface area contributed by atoms with Crippen LogP contribution in [0.3, 0.4) is 0 Å². The summed E-state index contributed by atoms with van der Waals surface area (Å²) < 4.78 is 5.33. The zero-order valence-electron chi connectivity index (χ0n) is 19.1. The molecule has 0 heterocycles. The summed E-state index contributed by atoms with van der Waals surface area (Å²) in [5.41, 5.74) is 2.14. The number of nitrogens with one attached hydrogen (secondary N) is 1. The highest BCUT2D eigenvalue weighted by Gasteiger charge is 2.28. The molecule has 0 saturated heterocycles. The van der Waals surface area contributed by atoms with Crippen LogP contribution in [0.5, 0.6) is 5.75 Å². The van der Waals surface area contributed by atoms with Crippen LogP contribution in [0.15, 0.2) is 54.6 Å². The number of rotatable bonds is 10. The molecular formula is C26H34N2O3S. The number of hydrogen-bond acceptors (Lipinski definition) is 4. The monoisotopic (exact) mass is 454 g/mol. The minimum atomic E-state index is -0.534. The summed E-state index contributed by atoms with van der Waals surface area (Å²) in [6.07, 6.45) is 5.59. The maximum atomic E-state index is 13.2. The first-order valence-electron chi connectivity index (χ1n) is 11.4. The van der Waals surface area contributed by atoms with Gasteiger partial charge in [0.05, 0.1) is 12.9 Å². The molecule has 0 aliphatic heterocycles. The lowest BCUT2D eigenvalue weighted by molar-refractivity contribution is -0.139. The van der Waals surface area contributed by atoms with Gasteiger partial charge in [-0.15, -0.1) is 11.8 Å². The van der Waals surface area contributed by atoms with Gasteiger partial charge in [0.2, 0.25) is 11.8 Å². The van der Waals surface area contributed by atoms with Gasteiger partial charge in [-0.05, 0) is 43.0 Å². The van der Waals surface area contributed by atoms with Crippen LogP contribution in [0.1, 0.15) is 50.2 Å². The molecule has 1 aliphatic rings. The molecule has 1 saturated carbocycles. The zero-order valence-corrected chi connectivity index (χ0v) is 19.9. The molecule has 0 aromatic heterocycles. The lowest BCUT2D eigenvalue weighted by atomic mass is 9.95. The fourth-order valence-corrected chi connectivity index (χ4v) is 4.90. The zero-order chi connectivity index (χ0) is 22.8. The van der Waals surface area contributed by atoms with Gasteiger partial charge < -0.3 is 15.0 Å². The Morgan fingerprint density at radius 3 is 2.50 bits per heavy atom. The van der Waals surface area contributed by atoms with Crippen LogP contribution in [0.4, 0.5) is 0 Å². The van der Waals surface area contributed by atoms with Crippen LogP contribution in [0.25, 0.3) is 0 Å². The van der Waals surface area contributed by atoms with Crippen LogP contribution in [-0.4, -0.2) is 41.7 Å². The number of hydrogen-bond donors (Lipinski definition) is 1. The van der Waals surface area contributed by atoms with Gasteiger partial charge in [-0.1, -0.05) is 61.7 Å². The largest absolute Gasteiger partial charge is 0.497 e. The summed E-state index contributed by atoms with van der Waals surface area (Å²) in [6.45, 7) is 2.21.